The number of aliphatic carboxylic acids is 1. The zero-order valence-corrected chi connectivity index (χ0v) is 10.5. The van der Waals surface area contributed by atoms with E-state index in [9.17, 15) is 9.59 Å². The van der Waals surface area contributed by atoms with Crippen molar-refractivity contribution in [1.29, 1.82) is 0 Å². The van der Waals surface area contributed by atoms with E-state index in [-0.39, 0.29) is 11.9 Å². The Morgan fingerprint density at radius 1 is 1.11 bits per heavy atom. The van der Waals surface area contributed by atoms with E-state index in [1.165, 1.54) is 6.42 Å². The van der Waals surface area contributed by atoms with E-state index in [1.54, 1.807) is 4.90 Å². The van der Waals surface area contributed by atoms with Crippen molar-refractivity contribution in [3.8, 4) is 0 Å². The van der Waals surface area contributed by atoms with Gasteiger partial charge in [0.2, 0.25) is 0 Å². The van der Waals surface area contributed by atoms with Crippen LogP contribution in [0.1, 0.15) is 32.1 Å². The number of likely N-dealkylation sites (tertiary alicyclic amines) is 2. The molecule has 0 aromatic carbocycles. The maximum Gasteiger partial charge on any atom is 0.320 e. The molecule has 5 heteroatoms. The van der Waals surface area contributed by atoms with Crippen LogP contribution in [-0.4, -0.2) is 52.6 Å². The van der Waals surface area contributed by atoms with Crippen LogP contribution in [0, 0.1) is 11.8 Å². The predicted octanol–water partition coefficient (Wildman–Crippen LogP) is 1.39. The fourth-order valence-electron chi connectivity index (χ4n) is 3.69. The maximum atomic E-state index is 12.4. The number of carbonyl (C=O) groups excluding carboxylic acids is 1. The SMILES string of the molecule is O=C(O)C1CCCN(C(=O)N2CC3CCC2C3)C1. The Labute approximate surface area is 107 Å². The predicted molar refractivity (Wildman–Crippen MR) is 65.2 cm³/mol. The molecular weight excluding hydrogens is 232 g/mol. The first-order valence-electron chi connectivity index (χ1n) is 6.93. The molecule has 100 valence electrons. The number of hydrogen-bond acceptors (Lipinski definition) is 2. The lowest BCUT2D eigenvalue weighted by Gasteiger charge is -2.36. The summed E-state index contributed by atoms with van der Waals surface area (Å²) in [5, 5.41) is 9.06. The molecule has 0 aromatic rings. The molecule has 3 unspecified atom stereocenters. The van der Waals surface area contributed by atoms with E-state index in [0.717, 1.165) is 32.4 Å². The first kappa shape index (κ1) is 11.8. The zero-order valence-electron chi connectivity index (χ0n) is 10.5. The van der Waals surface area contributed by atoms with Crippen molar-refractivity contribution < 1.29 is 14.7 Å². The van der Waals surface area contributed by atoms with Crippen LogP contribution in [0.25, 0.3) is 0 Å². The highest BCUT2D eigenvalue weighted by molar-refractivity contribution is 5.77. The fourth-order valence-corrected chi connectivity index (χ4v) is 3.69. The largest absolute Gasteiger partial charge is 0.481 e. The lowest BCUT2D eigenvalue weighted by molar-refractivity contribution is -0.143. The van der Waals surface area contributed by atoms with Gasteiger partial charge < -0.3 is 14.9 Å². The minimum Gasteiger partial charge on any atom is -0.481 e. The molecule has 2 aliphatic heterocycles. The van der Waals surface area contributed by atoms with Crippen molar-refractivity contribution in [2.45, 2.75) is 38.1 Å². The van der Waals surface area contributed by atoms with Crippen LogP contribution < -0.4 is 0 Å². The molecule has 2 amide bonds. The number of rotatable bonds is 1. The minimum absolute atomic E-state index is 0.0770. The summed E-state index contributed by atoms with van der Waals surface area (Å²) < 4.78 is 0. The van der Waals surface area contributed by atoms with Gasteiger partial charge in [-0.2, -0.15) is 0 Å². The van der Waals surface area contributed by atoms with Crippen LogP contribution in [0.5, 0.6) is 0 Å². The number of piperidine rings is 2. The lowest BCUT2D eigenvalue weighted by atomic mass is 9.98. The van der Waals surface area contributed by atoms with Crippen LogP contribution in [0.4, 0.5) is 4.79 Å². The summed E-state index contributed by atoms with van der Waals surface area (Å²) in [4.78, 5) is 27.2. The van der Waals surface area contributed by atoms with Crippen molar-refractivity contribution in [3.05, 3.63) is 0 Å². The first-order valence-corrected chi connectivity index (χ1v) is 6.93. The lowest BCUT2D eigenvalue weighted by Crippen LogP contribution is -2.50. The Kier molecular flexibility index (Phi) is 2.92. The molecule has 3 aliphatic rings. The summed E-state index contributed by atoms with van der Waals surface area (Å²) in [5.74, 6) is -0.447. The number of carbonyl (C=O) groups is 2. The third-order valence-electron chi connectivity index (χ3n) is 4.70. The Hall–Kier alpha value is -1.26. The molecule has 2 saturated heterocycles. The molecule has 1 saturated carbocycles. The summed E-state index contributed by atoms with van der Waals surface area (Å²) in [6.07, 6.45) is 5.05. The maximum absolute atomic E-state index is 12.4. The second-order valence-corrected chi connectivity index (χ2v) is 5.89. The minimum atomic E-state index is -0.768. The second kappa shape index (κ2) is 4.44. The van der Waals surface area contributed by atoms with E-state index in [0.29, 0.717) is 24.9 Å². The number of carboxylic acids is 1. The van der Waals surface area contributed by atoms with E-state index in [2.05, 4.69) is 0 Å². The molecule has 2 heterocycles. The van der Waals surface area contributed by atoms with Crippen molar-refractivity contribution in [3.63, 3.8) is 0 Å². The molecule has 2 bridgehead atoms. The van der Waals surface area contributed by atoms with E-state index in [4.69, 9.17) is 5.11 Å². The zero-order chi connectivity index (χ0) is 12.7. The topological polar surface area (TPSA) is 60.9 Å². The monoisotopic (exact) mass is 252 g/mol. The smallest absolute Gasteiger partial charge is 0.320 e. The molecular formula is C13H20N2O3. The van der Waals surface area contributed by atoms with Gasteiger partial charge in [0.1, 0.15) is 0 Å². The summed E-state index contributed by atoms with van der Waals surface area (Å²) >= 11 is 0. The van der Waals surface area contributed by atoms with Gasteiger partial charge in [-0.1, -0.05) is 0 Å². The number of amides is 2. The number of urea groups is 1. The molecule has 3 fully saturated rings. The molecule has 0 aromatic heterocycles. The van der Waals surface area contributed by atoms with Crippen LogP contribution in [0.15, 0.2) is 0 Å². The molecule has 3 atom stereocenters. The standard InChI is InChI=1S/C13H20N2O3/c16-12(17)10-2-1-5-14(8-10)13(18)15-7-9-3-4-11(15)6-9/h9-11H,1-8H2,(H,16,17). The number of nitrogens with zero attached hydrogens (tertiary/aromatic N) is 2. The van der Waals surface area contributed by atoms with Crippen molar-refractivity contribution in [1.82, 2.24) is 9.80 Å². The van der Waals surface area contributed by atoms with Crippen LogP contribution in [0.2, 0.25) is 0 Å². The van der Waals surface area contributed by atoms with Gasteiger partial charge >= 0.3 is 12.0 Å². The Bertz CT molecular complexity index is 371. The van der Waals surface area contributed by atoms with Gasteiger partial charge in [-0.05, 0) is 38.0 Å². The number of hydrogen-bond donors (Lipinski definition) is 1. The third-order valence-corrected chi connectivity index (χ3v) is 4.70. The van der Waals surface area contributed by atoms with Gasteiger partial charge in [0.05, 0.1) is 5.92 Å². The highest BCUT2D eigenvalue weighted by atomic mass is 16.4. The fraction of sp³-hybridized carbons (Fsp3) is 0.846. The summed E-state index contributed by atoms with van der Waals surface area (Å²) in [6, 6.07) is 0.501. The highest BCUT2D eigenvalue weighted by Crippen LogP contribution is 2.38. The van der Waals surface area contributed by atoms with Gasteiger partial charge in [-0.25, -0.2) is 4.79 Å². The van der Waals surface area contributed by atoms with Crippen LogP contribution in [0.3, 0.4) is 0 Å². The molecule has 3 rings (SSSR count). The summed E-state index contributed by atoms with van der Waals surface area (Å²) in [6.45, 7) is 2.00. The summed E-state index contributed by atoms with van der Waals surface area (Å²) in [5.41, 5.74) is 0. The Balaban J connectivity index is 1.64. The van der Waals surface area contributed by atoms with Crippen molar-refractivity contribution in [2.24, 2.45) is 11.8 Å². The van der Waals surface area contributed by atoms with E-state index >= 15 is 0 Å². The van der Waals surface area contributed by atoms with Gasteiger partial charge in [0.15, 0.2) is 0 Å². The van der Waals surface area contributed by atoms with E-state index < -0.39 is 5.97 Å². The van der Waals surface area contributed by atoms with Gasteiger partial charge in [0, 0.05) is 25.7 Å². The number of carboxylic acid groups (broad SMARTS) is 1. The Morgan fingerprint density at radius 3 is 2.56 bits per heavy atom. The van der Waals surface area contributed by atoms with Crippen LogP contribution in [-0.2, 0) is 4.79 Å². The van der Waals surface area contributed by atoms with Crippen LogP contribution >= 0.6 is 0 Å². The Morgan fingerprint density at radius 2 is 1.94 bits per heavy atom. The van der Waals surface area contributed by atoms with Crippen molar-refractivity contribution in [2.75, 3.05) is 19.6 Å². The second-order valence-electron chi connectivity index (χ2n) is 5.89. The van der Waals surface area contributed by atoms with Gasteiger partial charge in [0.25, 0.3) is 0 Å². The molecule has 1 N–H and O–H groups in total. The van der Waals surface area contributed by atoms with Gasteiger partial charge in [-0.3, -0.25) is 4.79 Å². The molecule has 0 spiro atoms. The molecule has 0 radical (unpaired) electrons. The normalized spacial score (nSPS) is 35.0. The highest BCUT2D eigenvalue weighted by Gasteiger charge is 2.42. The van der Waals surface area contributed by atoms with Gasteiger partial charge in [-0.15, -0.1) is 0 Å². The number of fused-ring (bicyclic) bond motifs is 2. The average Bonchev–Trinajstić information content (AvgIpc) is 3.00. The van der Waals surface area contributed by atoms with Crippen molar-refractivity contribution >= 4 is 12.0 Å². The average molecular weight is 252 g/mol. The summed E-state index contributed by atoms with van der Waals surface area (Å²) in [7, 11) is 0. The first-order chi connectivity index (χ1) is 8.65. The quantitative estimate of drug-likeness (QED) is 0.767. The molecule has 5 nitrogen and oxygen atoms in total. The third kappa shape index (κ3) is 1.95. The molecule has 1 aliphatic carbocycles. The van der Waals surface area contributed by atoms with E-state index in [1.807, 2.05) is 4.90 Å². The molecule has 18 heavy (non-hydrogen) atoms.